The SMILES string of the molecule is CC(=O)c1ccccc1NC(=O)CN1CCC(C(=O)Nc2ccc(Cl)cn2)CC1. The number of para-hydroxylation sites is 1. The Hall–Kier alpha value is -2.77. The summed E-state index contributed by atoms with van der Waals surface area (Å²) in [7, 11) is 0. The predicted molar refractivity (Wildman–Crippen MR) is 112 cm³/mol. The molecular formula is C21H23ClN4O3. The maximum atomic E-state index is 12.4. The van der Waals surface area contributed by atoms with Gasteiger partial charge in [0.15, 0.2) is 5.78 Å². The minimum Gasteiger partial charge on any atom is -0.324 e. The van der Waals surface area contributed by atoms with E-state index in [0.717, 1.165) is 0 Å². The van der Waals surface area contributed by atoms with Crippen molar-refractivity contribution >= 4 is 40.7 Å². The second-order valence-electron chi connectivity index (χ2n) is 7.05. The minimum absolute atomic E-state index is 0.0701. The first kappa shape index (κ1) is 21.0. The molecule has 0 aliphatic carbocycles. The van der Waals surface area contributed by atoms with Crippen LogP contribution >= 0.6 is 11.6 Å². The van der Waals surface area contributed by atoms with Crippen LogP contribution in [0.15, 0.2) is 42.6 Å². The van der Waals surface area contributed by atoms with Crippen molar-refractivity contribution in [1.82, 2.24) is 9.88 Å². The molecule has 2 aromatic rings. The van der Waals surface area contributed by atoms with Gasteiger partial charge in [0.05, 0.1) is 17.3 Å². The van der Waals surface area contributed by atoms with Gasteiger partial charge in [0.25, 0.3) is 0 Å². The quantitative estimate of drug-likeness (QED) is 0.708. The number of benzene rings is 1. The number of carbonyl (C=O) groups is 3. The minimum atomic E-state index is -0.174. The van der Waals surface area contributed by atoms with Gasteiger partial charge < -0.3 is 10.6 Å². The van der Waals surface area contributed by atoms with E-state index in [4.69, 9.17) is 11.6 Å². The number of nitrogens with one attached hydrogen (secondary N) is 2. The average molecular weight is 415 g/mol. The first-order valence-corrected chi connectivity index (χ1v) is 9.85. The molecule has 0 bridgehead atoms. The summed E-state index contributed by atoms with van der Waals surface area (Å²) >= 11 is 5.80. The first-order chi connectivity index (χ1) is 13.9. The van der Waals surface area contributed by atoms with E-state index in [2.05, 4.69) is 15.6 Å². The number of carbonyl (C=O) groups excluding carboxylic acids is 3. The van der Waals surface area contributed by atoms with Crippen LogP contribution in [0.25, 0.3) is 0 Å². The summed E-state index contributed by atoms with van der Waals surface area (Å²) in [5.41, 5.74) is 1.02. The molecule has 2 amide bonds. The van der Waals surface area contributed by atoms with Crippen LogP contribution in [-0.2, 0) is 9.59 Å². The van der Waals surface area contributed by atoms with E-state index in [9.17, 15) is 14.4 Å². The second-order valence-corrected chi connectivity index (χ2v) is 7.49. The Balaban J connectivity index is 1.47. The molecule has 0 atom stereocenters. The van der Waals surface area contributed by atoms with E-state index in [-0.39, 0.29) is 30.1 Å². The molecule has 1 aromatic carbocycles. The van der Waals surface area contributed by atoms with Gasteiger partial charge in [-0.3, -0.25) is 19.3 Å². The fourth-order valence-corrected chi connectivity index (χ4v) is 3.44. The van der Waals surface area contributed by atoms with Crippen LogP contribution in [0.3, 0.4) is 0 Å². The molecule has 1 aliphatic heterocycles. The summed E-state index contributed by atoms with van der Waals surface area (Å²) in [6.45, 7) is 2.99. The van der Waals surface area contributed by atoms with Crippen molar-refractivity contribution in [2.24, 2.45) is 5.92 Å². The van der Waals surface area contributed by atoms with Gasteiger partial charge in [0.2, 0.25) is 11.8 Å². The highest BCUT2D eigenvalue weighted by molar-refractivity contribution is 6.30. The molecule has 3 rings (SSSR count). The van der Waals surface area contributed by atoms with Crippen LogP contribution in [0.1, 0.15) is 30.1 Å². The number of piperidine rings is 1. The van der Waals surface area contributed by atoms with Gasteiger partial charge in [0, 0.05) is 17.7 Å². The molecule has 1 aliphatic rings. The maximum Gasteiger partial charge on any atom is 0.238 e. The molecule has 1 saturated heterocycles. The molecule has 0 radical (unpaired) electrons. The lowest BCUT2D eigenvalue weighted by Gasteiger charge is -2.30. The molecule has 29 heavy (non-hydrogen) atoms. The van der Waals surface area contributed by atoms with E-state index in [1.807, 2.05) is 4.90 Å². The van der Waals surface area contributed by atoms with Crippen molar-refractivity contribution in [3.8, 4) is 0 Å². The number of pyridine rings is 1. The van der Waals surface area contributed by atoms with Crippen molar-refractivity contribution in [2.75, 3.05) is 30.3 Å². The Morgan fingerprint density at radius 3 is 2.48 bits per heavy atom. The number of likely N-dealkylation sites (tertiary alicyclic amines) is 1. The number of nitrogens with zero attached hydrogens (tertiary/aromatic N) is 2. The molecular weight excluding hydrogens is 392 g/mol. The largest absolute Gasteiger partial charge is 0.324 e. The van der Waals surface area contributed by atoms with E-state index in [1.54, 1.807) is 36.4 Å². The van der Waals surface area contributed by atoms with Gasteiger partial charge in [-0.15, -0.1) is 0 Å². The van der Waals surface area contributed by atoms with E-state index < -0.39 is 0 Å². The molecule has 2 N–H and O–H groups in total. The maximum absolute atomic E-state index is 12.4. The predicted octanol–water partition coefficient (Wildman–Crippen LogP) is 3.23. The van der Waals surface area contributed by atoms with Crippen LogP contribution < -0.4 is 10.6 Å². The zero-order chi connectivity index (χ0) is 20.8. The summed E-state index contributed by atoms with van der Waals surface area (Å²) in [5, 5.41) is 6.13. The Bertz CT molecular complexity index is 893. The average Bonchev–Trinajstić information content (AvgIpc) is 2.70. The van der Waals surface area contributed by atoms with Crippen molar-refractivity contribution in [3.05, 3.63) is 53.2 Å². The van der Waals surface area contributed by atoms with E-state index in [1.165, 1.54) is 13.1 Å². The van der Waals surface area contributed by atoms with Crippen molar-refractivity contribution < 1.29 is 14.4 Å². The highest BCUT2D eigenvalue weighted by Crippen LogP contribution is 2.20. The van der Waals surface area contributed by atoms with Crippen molar-refractivity contribution in [1.29, 1.82) is 0 Å². The normalized spacial score (nSPS) is 15.0. The molecule has 7 nitrogen and oxygen atoms in total. The topological polar surface area (TPSA) is 91.4 Å². The molecule has 152 valence electrons. The summed E-state index contributed by atoms with van der Waals surface area (Å²) in [5.74, 6) is 0.0183. The van der Waals surface area contributed by atoms with E-state index >= 15 is 0 Å². The summed E-state index contributed by atoms with van der Waals surface area (Å²) < 4.78 is 0. The Morgan fingerprint density at radius 1 is 1.10 bits per heavy atom. The lowest BCUT2D eigenvalue weighted by Crippen LogP contribution is -2.41. The Kier molecular flexibility index (Phi) is 6.95. The monoisotopic (exact) mass is 414 g/mol. The number of Topliss-reactive ketones (excluding diaryl/α,β-unsaturated/α-hetero) is 1. The number of anilines is 2. The number of aromatic nitrogens is 1. The van der Waals surface area contributed by atoms with Gasteiger partial charge in [0.1, 0.15) is 5.82 Å². The third kappa shape index (κ3) is 5.85. The smallest absolute Gasteiger partial charge is 0.238 e. The highest BCUT2D eigenvalue weighted by atomic mass is 35.5. The molecule has 0 saturated carbocycles. The van der Waals surface area contributed by atoms with Gasteiger partial charge in [-0.25, -0.2) is 4.98 Å². The number of hydrogen-bond acceptors (Lipinski definition) is 5. The molecule has 8 heteroatoms. The molecule has 2 heterocycles. The number of ketones is 1. The number of hydrogen-bond donors (Lipinski definition) is 2. The molecule has 1 fully saturated rings. The van der Waals surface area contributed by atoms with Crippen LogP contribution in [0.2, 0.25) is 5.02 Å². The highest BCUT2D eigenvalue weighted by Gasteiger charge is 2.26. The van der Waals surface area contributed by atoms with Crippen LogP contribution in [0, 0.1) is 5.92 Å². The van der Waals surface area contributed by atoms with Crippen LogP contribution in [-0.4, -0.2) is 47.1 Å². The summed E-state index contributed by atoms with van der Waals surface area (Å²) in [6, 6.07) is 10.3. The lowest BCUT2D eigenvalue weighted by molar-refractivity contribution is -0.121. The van der Waals surface area contributed by atoms with Crippen molar-refractivity contribution in [2.45, 2.75) is 19.8 Å². The van der Waals surface area contributed by atoms with Gasteiger partial charge in [-0.2, -0.15) is 0 Å². The summed E-state index contributed by atoms with van der Waals surface area (Å²) in [4.78, 5) is 42.5. The number of rotatable bonds is 6. The Labute approximate surface area is 174 Å². The standard InChI is InChI=1S/C21H23ClN4O3/c1-14(27)17-4-2-3-5-18(17)24-20(28)13-26-10-8-15(9-11-26)21(29)25-19-7-6-16(22)12-23-19/h2-7,12,15H,8-11,13H2,1H3,(H,24,28)(H,23,25,29). The van der Waals surface area contributed by atoms with Crippen LogP contribution in [0.5, 0.6) is 0 Å². The first-order valence-electron chi connectivity index (χ1n) is 9.47. The fourth-order valence-electron chi connectivity index (χ4n) is 3.32. The molecule has 0 spiro atoms. The molecule has 0 unspecified atom stereocenters. The van der Waals surface area contributed by atoms with Gasteiger partial charge >= 0.3 is 0 Å². The molecule has 1 aromatic heterocycles. The van der Waals surface area contributed by atoms with Gasteiger partial charge in [-0.05, 0) is 57.1 Å². The number of halogens is 1. The number of amides is 2. The third-order valence-electron chi connectivity index (χ3n) is 4.88. The zero-order valence-corrected chi connectivity index (χ0v) is 16.9. The van der Waals surface area contributed by atoms with Crippen LogP contribution in [0.4, 0.5) is 11.5 Å². The lowest BCUT2D eigenvalue weighted by atomic mass is 9.96. The zero-order valence-electron chi connectivity index (χ0n) is 16.2. The van der Waals surface area contributed by atoms with Gasteiger partial charge in [-0.1, -0.05) is 23.7 Å². The third-order valence-corrected chi connectivity index (χ3v) is 5.11. The second kappa shape index (κ2) is 9.62. The van der Waals surface area contributed by atoms with E-state index in [0.29, 0.717) is 48.0 Å². The summed E-state index contributed by atoms with van der Waals surface area (Å²) in [6.07, 6.45) is 2.82. The Morgan fingerprint density at radius 2 is 1.83 bits per heavy atom. The van der Waals surface area contributed by atoms with Crippen molar-refractivity contribution in [3.63, 3.8) is 0 Å². The fraction of sp³-hybridized carbons (Fsp3) is 0.333.